The molecule has 1 fully saturated rings. The van der Waals surface area contributed by atoms with Crippen molar-refractivity contribution >= 4 is 17.5 Å². The maximum absolute atomic E-state index is 12.9. The first-order valence-corrected chi connectivity index (χ1v) is 9.71. The molecule has 0 aromatic heterocycles. The predicted octanol–water partition coefficient (Wildman–Crippen LogP) is 3.41. The molecule has 5 heteroatoms. The lowest BCUT2D eigenvalue weighted by Crippen LogP contribution is -2.37. The Morgan fingerprint density at radius 3 is 2.79 bits per heavy atom. The van der Waals surface area contributed by atoms with Crippen LogP contribution >= 0.6 is 0 Å². The summed E-state index contributed by atoms with van der Waals surface area (Å²) in [7, 11) is 0. The molecule has 2 amide bonds. The van der Waals surface area contributed by atoms with E-state index in [-0.39, 0.29) is 24.0 Å². The highest BCUT2D eigenvalue weighted by Gasteiger charge is 2.31. The minimum Gasteiger partial charge on any atom is -0.371 e. The molecular weight excluding hydrogens is 352 g/mol. The van der Waals surface area contributed by atoms with Crippen molar-refractivity contribution in [3.05, 3.63) is 77.9 Å². The maximum atomic E-state index is 12.9. The summed E-state index contributed by atoms with van der Waals surface area (Å²) in [6.07, 6.45) is 3.74. The van der Waals surface area contributed by atoms with E-state index in [9.17, 15) is 9.59 Å². The third-order valence-electron chi connectivity index (χ3n) is 5.44. The van der Waals surface area contributed by atoms with E-state index in [0.717, 1.165) is 36.1 Å². The zero-order valence-electron chi connectivity index (χ0n) is 15.8. The van der Waals surface area contributed by atoms with Crippen LogP contribution in [0.25, 0.3) is 0 Å². The number of hydrogen-bond donors (Lipinski definition) is 1. The number of hydrogen-bond acceptors (Lipinski definition) is 3. The summed E-state index contributed by atoms with van der Waals surface area (Å²) in [4.78, 5) is 26.7. The van der Waals surface area contributed by atoms with Crippen molar-refractivity contribution in [2.24, 2.45) is 0 Å². The maximum Gasteiger partial charge on any atom is 0.251 e. The minimum atomic E-state index is -0.122. The fourth-order valence-electron chi connectivity index (χ4n) is 4.04. The fourth-order valence-corrected chi connectivity index (χ4v) is 4.04. The lowest BCUT2D eigenvalue weighted by Gasteiger charge is -2.29. The van der Waals surface area contributed by atoms with Gasteiger partial charge in [-0.3, -0.25) is 9.59 Å². The van der Waals surface area contributed by atoms with Crippen molar-refractivity contribution in [2.45, 2.75) is 31.4 Å². The minimum absolute atomic E-state index is 0.0511. The van der Waals surface area contributed by atoms with Gasteiger partial charge in [0, 0.05) is 24.4 Å². The molecule has 0 unspecified atom stereocenters. The Morgan fingerprint density at radius 2 is 2.00 bits per heavy atom. The van der Waals surface area contributed by atoms with E-state index in [4.69, 9.17) is 4.74 Å². The number of rotatable bonds is 4. The van der Waals surface area contributed by atoms with E-state index in [1.807, 2.05) is 42.5 Å². The van der Waals surface area contributed by atoms with Crippen LogP contribution in [-0.4, -0.2) is 31.0 Å². The van der Waals surface area contributed by atoms with E-state index in [0.29, 0.717) is 18.7 Å². The van der Waals surface area contributed by atoms with Crippen molar-refractivity contribution < 1.29 is 14.3 Å². The molecule has 2 heterocycles. The van der Waals surface area contributed by atoms with Gasteiger partial charge in [-0.1, -0.05) is 36.9 Å². The van der Waals surface area contributed by atoms with Gasteiger partial charge >= 0.3 is 0 Å². The Labute approximate surface area is 165 Å². The van der Waals surface area contributed by atoms with Gasteiger partial charge in [0.1, 0.15) is 6.10 Å². The van der Waals surface area contributed by atoms with Crippen molar-refractivity contribution in [1.82, 2.24) is 5.32 Å². The summed E-state index contributed by atoms with van der Waals surface area (Å²) in [5, 5.41) is 3.14. The summed E-state index contributed by atoms with van der Waals surface area (Å²) in [6, 6.07) is 15.5. The third-order valence-corrected chi connectivity index (χ3v) is 5.44. The number of anilines is 1. The molecule has 1 N–H and O–H groups in total. The highest BCUT2D eigenvalue weighted by atomic mass is 16.5. The van der Waals surface area contributed by atoms with Gasteiger partial charge in [0.25, 0.3) is 5.91 Å². The lowest BCUT2D eigenvalue weighted by molar-refractivity contribution is -0.114. The number of carbonyl (C=O) groups excluding carboxylic acids is 2. The highest BCUT2D eigenvalue weighted by molar-refractivity contribution is 6.02. The normalized spacial score (nSPS) is 21.1. The predicted molar refractivity (Wildman–Crippen MR) is 108 cm³/mol. The SMILES string of the molecule is C=CC(=O)N1CCCc2cc(C(=O)N[C@@H]3CCO[C@H]3c3ccccc3)ccc21. The molecule has 4 rings (SSSR count). The van der Waals surface area contributed by atoms with Gasteiger partial charge < -0.3 is 15.0 Å². The van der Waals surface area contributed by atoms with E-state index < -0.39 is 0 Å². The Bertz CT molecular complexity index is 894. The molecule has 0 spiro atoms. The average Bonchev–Trinajstić information content (AvgIpc) is 3.21. The third kappa shape index (κ3) is 3.58. The van der Waals surface area contributed by atoms with Crippen LogP contribution in [0.2, 0.25) is 0 Å². The second-order valence-electron chi connectivity index (χ2n) is 7.21. The molecule has 144 valence electrons. The first-order valence-electron chi connectivity index (χ1n) is 9.71. The van der Waals surface area contributed by atoms with Crippen LogP contribution in [0.5, 0.6) is 0 Å². The molecule has 2 aromatic carbocycles. The Balaban J connectivity index is 1.51. The highest BCUT2D eigenvalue weighted by Crippen LogP contribution is 2.31. The van der Waals surface area contributed by atoms with E-state index in [1.165, 1.54) is 6.08 Å². The van der Waals surface area contributed by atoms with Gasteiger partial charge in [-0.2, -0.15) is 0 Å². The van der Waals surface area contributed by atoms with E-state index in [2.05, 4.69) is 11.9 Å². The molecule has 5 nitrogen and oxygen atoms in total. The molecular formula is C23H24N2O3. The second-order valence-corrected chi connectivity index (χ2v) is 7.21. The molecule has 0 bridgehead atoms. The smallest absolute Gasteiger partial charge is 0.251 e. The summed E-state index contributed by atoms with van der Waals surface area (Å²) in [5.74, 6) is -0.210. The summed E-state index contributed by atoms with van der Waals surface area (Å²) in [5.41, 5.74) is 3.59. The van der Waals surface area contributed by atoms with Crippen LogP contribution in [0.3, 0.4) is 0 Å². The first-order chi connectivity index (χ1) is 13.7. The average molecular weight is 376 g/mol. The number of amides is 2. The first kappa shape index (κ1) is 18.4. The molecule has 1 saturated heterocycles. The summed E-state index contributed by atoms with van der Waals surface area (Å²) in [6.45, 7) is 4.89. The van der Waals surface area contributed by atoms with Crippen LogP contribution in [0.4, 0.5) is 5.69 Å². The van der Waals surface area contributed by atoms with Crippen molar-refractivity contribution in [3.63, 3.8) is 0 Å². The topological polar surface area (TPSA) is 58.6 Å². The quantitative estimate of drug-likeness (QED) is 0.832. The Hall–Kier alpha value is -2.92. The standard InChI is InChI=1S/C23H24N2O3/c1-2-21(26)25-13-6-9-17-15-18(10-11-20(17)25)23(27)24-19-12-14-28-22(19)16-7-4-3-5-8-16/h2-5,7-8,10-11,15,19,22H,1,6,9,12-14H2,(H,24,27)/t19-,22+/m1/s1. The molecule has 0 aliphatic carbocycles. The van der Waals surface area contributed by atoms with Gasteiger partial charge in [-0.15, -0.1) is 0 Å². The molecule has 2 atom stereocenters. The van der Waals surface area contributed by atoms with Crippen LogP contribution in [0.1, 0.15) is 40.4 Å². The van der Waals surface area contributed by atoms with E-state index in [1.54, 1.807) is 11.0 Å². The number of nitrogens with zero attached hydrogens (tertiary/aromatic N) is 1. The van der Waals surface area contributed by atoms with Crippen molar-refractivity contribution in [3.8, 4) is 0 Å². The molecule has 2 aliphatic heterocycles. The number of carbonyl (C=O) groups is 2. The zero-order valence-corrected chi connectivity index (χ0v) is 15.8. The molecule has 0 radical (unpaired) electrons. The van der Waals surface area contributed by atoms with E-state index >= 15 is 0 Å². The van der Waals surface area contributed by atoms with Crippen LogP contribution in [0.15, 0.2) is 61.2 Å². The second kappa shape index (κ2) is 7.98. The van der Waals surface area contributed by atoms with Gasteiger partial charge in [-0.25, -0.2) is 0 Å². The Kier molecular flexibility index (Phi) is 5.26. The van der Waals surface area contributed by atoms with Gasteiger partial charge in [0.2, 0.25) is 5.91 Å². The summed E-state index contributed by atoms with van der Waals surface area (Å²) < 4.78 is 5.86. The number of aryl methyl sites for hydroxylation is 1. The van der Waals surface area contributed by atoms with Gasteiger partial charge in [0.15, 0.2) is 0 Å². The molecule has 2 aromatic rings. The fraction of sp³-hybridized carbons (Fsp3) is 0.304. The number of fused-ring (bicyclic) bond motifs is 1. The van der Waals surface area contributed by atoms with Crippen molar-refractivity contribution in [1.29, 1.82) is 0 Å². The van der Waals surface area contributed by atoms with Gasteiger partial charge in [-0.05, 0) is 54.7 Å². The number of benzene rings is 2. The van der Waals surface area contributed by atoms with Gasteiger partial charge in [0.05, 0.1) is 6.04 Å². The molecule has 0 saturated carbocycles. The summed E-state index contributed by atoms with van der Waals surface area (Å²) >= 11 is 0. The van der Waals surface area contributed by atoms with Crippen molar-refractivity contribution in [2.75, 3.05) is 18.1 Å². The monoisotopic (exact) mass is 376 g/mol. The number of nitrogens with one attached hydrogen (secondary N) is 1. The zero-order chi connectivity index (χ0) is 19.5. The largest absolute Gasteiger partial charge is 0.371 e. The van der Waals surface area contributed by atoms with Crippen LogP contribution in [-0.2, 0) is 16.0 Å². The lowest BCUT2D eigenvalue weighted by atomic mass is 9.98. The number of ether oxygens (including phenoxy) is 1. The van der Waals surface area contributed by atoms with Crippen LogP contribution < -0.4 is 10.2 Å². The molecule has 2 aliphatic rings. The van der Waals surface area contributed by atoms with Crippen LogP contribution in [0, 0.1) is 0 Å². The molecule has 28 heavy (non-hydrogen) atoms. The Morgan fingerprint density at radius 1 is 1.18 bits per heavy atom.